The maximum atomic E-state index is 13.5. The number of esters is 1. The van der Waals surface area contributed by atoms with E-state index in [9.17, 15) is 18.0 Å². The van der Waals surface area contributed by atoms with Crippen LogP contribution in [0.2, 0.25) is 10.0 Å². The zero-order valence-electron chi connectivity index (χ0n) is 19.0. The third kappa shape index (κ3) is 6.05. The summed E-state index contributed by atoms with van der Waals surface area (Å²) in [6.45, 7) is 1.26. The summed E-state index contributed by atoms with van der Waals surface area (Å²) in [7, 11) is -1.51. The number of aryl methyl sites for hydroxylation is 1. The van der Waals surface area contributed by atoms with Crippen LogP contribution in [0.3, 0.4) is 0 Å². The molecule has 0 unspecified atom stereocenters. The molecule has 1 amide bonds. The molecule has 0 aliphatic heterocycles. The van der Waals surface area contributed by atoms with Gasteiger partial charge in [-0.3, -0.25) is 9.10 Å². The van der Waals surface area contributed by atoms with E-state index in [1.54, 1.807) is 12.1 Å². The number of carbonyl (C=O) groups excluding carboxylic acids is 2. The van der Waals surface area contributed by atoms with Crippen LogP contribution in [0.5, 0.6) is 5.75 Å². The lowest BCUT2D eigenvalue weighted by atomic mass is 10.2. The lowest BCUT2D eigenvalue weighted by Gasteiger charge is -2.24. The van der Waals surface area contributed by atoms with Crippen LogP contribution in [0.4, 0.5) is 11.4 Å². The van der Waals surface area contributed by atoms with Gasteiger partial charge in [0.1, 0.15) is 12.3 Å². The second-order valence-electron chi connectivity index (χ2n) is 7.38. The molecule has 0 saturated heterocycles. The highest BCUT2D eigenvalue weighted by atomic mass is 35.5. The summed E-state index contributed by atoms with van der Waals surface area (Å²) < 4.78 is 37.8. The van der Waals surface area contributed by atoms with Crippen molar-refractivity contribution in [2.75, 3.05) is 30.4 Å². The number of nitrogens with one attached hydrogen (secondary N) is 1. The lowest BCUT2D eigenvalue weighted by molar-refractivity contribution is -0.114. The summed E-state index contributed by atoms with van der Waals surface area (Å²) in [6.07, 6.45) is 0. The number of nitrogens with zero attached hydrogens (tertiary/aromatic N) is 1. The number of amides is 1. The van der Waals surface area contributed by atoms with Crippen LogP contribution in [0, 0.1) is 6.92 Å². The first-order valence-electron chi connectivity index (χ1n) is 10.2. The molecular weight excluding hydrogens is 515 g/mol. The summed E-state index contributed by atoms with van der Waals surface area (Å²) >= 11 is 12.3. The van der Waals surface area contributed by atoms with E-state index in [0.29, 0.717) is 5.75 Å². The maximum Gasteiger partial charge on any atom is 0.339 e. The molecule has 8 nitrogen and oxygen atoms in total. The molecule has 0 saturated carbocycles. The quantitative estimate of drug-likeness (QED) is 0.409. The largest absolute Gasteiger partial charge is 0.495 e. The van der Waals surface area contributed by atoms with Gasteiger partial charge in [-0.25, -0.2) is 13.2 Å². The molecule has 0 bridgehead atoms. The topological polar surface area (TPSA) is 102 Å². The predicted octanol–water partition coefficient (Wildman–Crippen LogP) is 4.93. The first-order chi connectivity index (χ1) is 16.6. The van der Waals surface area contributed by atoms with Crippen molar-refractivity contribution in [1.82, 2.24) is 0 Å². The van der Waals surface area contributed by atoms with Crippen LogP contribution in [0.15, 0.2) is 65.6 Å². The van der Waals surface area contributed by atoms with E-state index in [0.717, 1.165) is 9.87 Å². The molecule has 35 heavy (non-hydrogen) atoms. The summed E-state index contributed by atoms with van der Waals surface area (Å²) in [5, 5.41) is 2.91. The maximum absolute atomic E-state index is 13.5. The van der Waals surface area contributed by atoms with Crippen molar-refractivity contribution < 1.29 is 27.5 Å². The summed E-state index contributed by atoms with van der Waals surface area (Å²) in [6, 6.07) is 14.9. The second kappa shape index (κ2) is 11.0. The molecule has 11 heteroatoms. The van der Waals surface area contributed by atoms with Crippen LogP contribution in [-0.2, 0) is 19.6 Å². The second-order valence-corrected chi connectivity index (χ2v) is 10.1. The fourth-order valence-corrected chi connectivity index (χ4v) is 5.02. The first kappa shape index (κ1) is 26.3. The minimum absolute atomic E-state index is 0.00214. The van der Waals surface area contributed by atoms with Gasteiger partial charge in [-0.2, -0.15) is 0 Å². The molecular formula is C24H22Cl2N2O6S. The third-order valence-corrected chi connectivity index (χ3v) is 7.39. The molecule has 0 heterocycles. The van der Waals surface area contributed by atoms with E-state index < -0.39 is 28.4 Å². The van der Waals surface area contributed by atoms with E-state index in [-0.39, 0.29) is 31.9 Å². The average molecular weight is 537 g/mol. The monoisotopic (exact) mass is 536 g/mol. The molecule has 3 rings (SSSR count). The fourth-order valence-electron chi connectivity index (χ4n) is 3.16. The van der Waals surface area contributed by atoms with Crippen LogP contribution in [0.25, 0.3) is 0 Å². The molecule has 0 aliphatic rings. The van der Waals surface area contributed by atoms with E-state index in [2.05, 4.69) is 10.1 Å². The molecule has 0 fully saturated rings. The van der Waals surface area contributed by atoms with Gasteiger partial charge in [0.05, 0.1) is 40.4 Å². The highest BCUT2D eigenvalue weighted by Crippen LogP contribution is 2.32. The molecule has 1 N–H and O–H groups in total. The van der Waals surface area contributed by atoms with Gasteiger partial charge in [0.2, 0.25) is 5.91 Å². The van der Waals surface area contributed by atoms with Gasteiger partial charge in [-0.15, -0.1) is 0 Å². The van der Waals surface area contributed by atoms with Crippen molar-refractivity contribution >= 4 is 56.5 Å². The zero-order chi connectivity index (χ0) is 25.8. The minimum atomic E-state index is -4.15. The molecule has 0 aliphatic carbocycles. The average Bonchev–Trinajstić information content (AvgIpc) is 2.83. The highest BCUT2D eigenvalue weighted by Gasteiger charge is 2.28. The van der Waals surface area contributed by atoms with Gasteiger partial charge in [0.15, 0.2) is 0 Å². The number of hydrogen-bond acceptors (Lipinski definition) is 6. The van der Waals surface area contributed by atoms with Crippen molar-refractivity contribution in [3.63, 3.8) is 0 Å². The number of ether oxygens (including phenoxy) is 2. The number of methoxy groups -OCH3 is 2. The molecule has 184 valence electrons. The number of hydrogen-bond donors (Lipinski definition) is 1. The van der Waals surface area contributed by atoms with Gasteiger partial charge < -0.3 is 14.8 Å². The van der Waals surface area contributed by atoms with Crippen LogP contribution < -0.4 is 14.4 Å². The summed E-state index contributed by atoms with van der Waals surface area (Å²) in [5.74, 6) is -0.989. The normalized spacial score (nSPS) is 11.0. The smallest absolute Gasteiger partial charge is 0.339 e. The molecule has 3 aromatic rings. The van der Waals surface area contributed by atoms with Gasteiger partial charge in [-0.1, -0.05) is 40.9 Å². The summed E-state index contributed by atoms with van der Waals surface area (Å²) in [4.78, 5) is 24.9. The Morgan fingerprint density at radius 3 is 2.23 bits per heavy atom. The van der Waals surface area contributed by atoms with E-state index in [4.69, 9.17) is 27.9 Å². The Labute approximate surface area is 213 Å². The Balaban J connectivity index is 1.97. The Bertz CT molecular complexity index is 1360. The Hall–Kier alpha value is -3.27. The van der Waals surface area contributed by atoms with Crippen molar-refractivity contribution in [2.24, 2.45) is 0 Å². The Morgan fingerprint density at radius 1 is 0.943 bits per heavy atom. The van der Waals surface area contributed by atoms with Gasteiger partial charge >= 0.3 is 5.97 Å². The molecule has 0 aromatic heterocycles. The number of sulfonamides is 1. The minimum Gasteiger partial charge on any atom is -0.495 e. The van der Waals surface area contributed by atoms with Crippen molar-refractivity contribution in [3.8, 4) is 5.75 Å². The number of rotatable bonds is 8. The Morgan fingerprint density at radius 2 is 1.63 bits per heavy atom. The molecule has 0 atom stereocenters. The fraction of sp³-hybridized carbons (Fsp3) is 0.167. The van der Waals surface area contributed by atoms with Crippen LogP contribution in [0.1, 0.15) is 15.9 Å². The molecule has 0 spiro atoms. The lowest BCUT2D eigenvalue weighted by Crippen LogP contribution is -2.38. The number of halogens is 2. The molecule has 3 aromatic carbocycles. The first-order valence-corrected chi connectivity index (χ1v) is 12.4. The third-order valence-electron chi connectivity index (χ3n) is 4.97. The number of benzene rings is 3. The summed E-state index contributed by atoms with van der Waals surface area (Å²) in [5.41, 5.74) is 1.33. The van der Waals surface area contributed by atoms with Crippen molar-refractivity contribution in [1.29, 1.82) is 0 Å². The van der Waals surface area contributed by atoms with Crippen molar-refractivity contribution in [3.05, 3.63) is 81.8 Å². The van der Waals surface area contributed by atoms with E-state index in [1.807, 2.05) is 6.92 Å². The Kier molecular flexibility index (Phi) is 8.26. The SMILES string of the molecule is COC(=O)c1cc(NC(=O)CN(c2ccc(OC)c(Cl)c2)S(=O)(=O)c2ccc(C)cc2)ccc1Cl. The van der Waals surface area contributed by atoms with Gasteiger partial charge in [0.25, 0.3) is 10.0 Å². The van der Waals surface area contributed by atoms with Gasteiger partial charge in [0, 0.05) is 5.69 Å². The predicted molar refractivity (Wildman–Crippen MR) is 135 cm³/mol. The standard InChI is InChI=1S/C24H22Cl2N2O6S/c1-15-4-8-18(9-5-15)35(31,32)28(17-7-11-22(33-2)21(26)13-17)14-23(29)27-16-6-10-20(25)19(12-16)24(30)34-3/h4-13H,14H2,1-3H3,(H,27,29). The van der Waals surface area contributed by atoms with Gasteiger partial charge in [-0.05, 0) is 55.5 Å². The van der Waals surface area contributed by atoms with Crippen LogP contribution >= 0.6 is 23.2 Å². The van der Waals surface area contributed by atoms with E-state index in [1.165, 1.54) is 62.8 Å². The zero-order valence-corrected chi connectivity index (χ0v) is 21.4. The van der Waals surface area contributed by atoms with Crippen LogP contribution in [-0.4, -0.2) is 41.1 Å². The number of anilines is 2. The molecule has 0 radical (unpaired) electrons. The van der Waals surface area contributed by atoms with E-state index >= 15 is 0 Å². The highest BCUT2D eigenvalue weighted by molar-refractivity contribution is 7.92. The number of carbonyl (C=O) groups is 2. The van der Waals surface area contributed by atoms with Crippen molar-refractivity contribution in [2.45, 2.75) is 11.8 Å².